The van der Waals surface area contributed by atoms with Crippen molar-refractivity contribution in [1.82, 2.24) is 9.29 Å². The standard InChI is InChI=1S/C23H21F2N3O5S/c24-14-10-19(25)16-2-1-5-28(21(16)11-14)23(30)18-13-22(29)26-20-4-3-15(12-17(18)20)34(31,32)27-6-8-33-9-7-27/h3-4,10-13H,1-2,5-9H2,(H,26,29). The van der Waals surface area contributed by atoms with E-state index < -0.39 is 33.1 Å². The van der Waals surface area contributed by atoms with E-state index in [1.807, 2.05) is 0 Å². The molecule has 0 bridgehead atoms. The molecule has 1 saturated heterocycles. The van der Waals surface area contributed by atoms with E-state index in [1.54, 1.807) is 0 Å². The van der Waals surface area contributed by atoms with Crippen molar-refractivity contribution in [1.29, 1.82) is 0 Å². The zero-order valence-corrected chi connectivity index (χ0v) is 18.8. The normalized spacial score (nSPS) is 17.1. The van der Waals surface area contributed by atoms with Gasteiger partial charge in [-0.05, 0) is 37.1 Å². The van der Waals surface area contributed by atoms with Crippen LogP contribution < -0.4 is 10.5 Å². The Morgan fingerprint density at radius 2 is 1.79 bits per heavy atom. The first-order valence-corrected chi connectivity index (χ1v) is 12.2. The molecule has 1 fully saturated rings. The van der Waals surface area contributed by atoms with Gasteiger partial charge in [0.05, 0.1) is 29.4 Å². The molecule has 8 nitrogen and oxygen atoms in total. The summed E-state index contributed by atoms with van der Waals surface area (Å²) in [5, 5.41) is 0.225. The van der Waals surface area contributed by atoms with Gasteiger partial charge in [-0.1, -0.05) is 0 Å². The first-order chi connectivity index (χ1) is 16.3. The van der Waals surface area contributed by atoms with E-state index in [0.29, 0.717) is 12.8 Å². The molecule has 3 aromatic rings. The zero-order chi connectivity index (χ0) is 24.0. The maximum Gasteiger partial charge on any atom is 0.259 e. The highest BCUT2D eigenvalue weighted by atomic mass is 32.2. The van der Waals surface area contributed by atoms with Gasteiger partial charge in [0.2, 0.25) is 15.6 Å². The molecular weight excluding hydrogens is 468 g/mol. The minimum atomic E-state index is -3.85. The van der Waals surface area contributed by atoms with E-state index in [9.17, 15) is 26.8 Å². The average molecular weight is 490 g/mol. The second kappa shape index (κ2) is 8.57. The van der Waals surface area contributed by atoms with E-state index in [4.69, 9.17) is 4.74 Å². The first kappa shape index (κ1) is 22.6. The number of morpholine rings is 1. The quantitative estimate of drug-likeness (QED) is 0.609. The van der Waals surface area contributed by atoms with Crippen LogP contribution >= 0.6 is 0 Å². The number of pyridine rings is 1. The summed E-state index contributed by atoms with van der Waals surface area (Å²) in [5.74, 6) is -2.18. The Kier molecular flexibility index (Phi) is 5.70. The molecule has 11 heteroatoms. The third-order valence-corrected chi connectivity index (χ3v) is 8.03. The minimum absolute atomic E-state index is 0.0286. The topological polar surface area (TPSA) is 99.8 Å². The molecule has 1 amide bonds. The molecular formula is C23H21F2N3O5S. The van der Waals surface area contributed by atoms with Crippen LogP contribution in [0.5, 0.6) is 0 Å². The van der Waals surface area contributed by atoms with E-state index >= 15 is 0 Å². The molecule has 0 spiro atoms. The third-order valence-electron chi connectivity index (χ3n) is 6.13. The molecule has 0 saturated carbocycles. The number of amides is 1. The number of carbonyl (C=O) groups excluding carboxylic acids is 1. The van der Waals surface area contributed by atoms with Gasteiger partial charge in [-0.3, -0.25) is 9.59 Å². The number of H-pyrrole nitrogens is 1. The van der Waals surface area contributed by atoms with Crippen LogP contribution in [0.1, 0.15) is 22.3 Å². The van der Waals surface area contributed by atoms with Crippen molar-refractivity contribution in [2.45, 2.75) is 17.7 Å². The van der Waals surface area contributed by atoms with E-state index in [1.165, 1.54) is 27.4 Å². The second-order valence-electron chi connectivity index (χ2n) is 8.22. The van der Waals surface area contributed by atoms with Crippen LogP contribution in [0.3, 0.4) is 0 Å². The number of carbonyl (C=O) groups is 1. The average Bonchev–Trinajstić information content (AvgIpc) is 2.83. The lowest BCUT2D eigenvalue weighted by Crippen LogP contribution is -2.40. The maximum atomic E-state index is 14.3. The second-order valence-corrected chi connectivity index (χ2v) is 10.2. The summed E-state index contributed by atoms with van der Waals surface area (Å²) in [6, 6.07) is 7.11. The summed E-state index contributed by atoms with van der Waals surface area (Å²) in [5.41, 5.74) is 0.0158. The third kappa shape index (κ3) is 3.89. The number of hydrogen-bond acceptors (Lipinski definition) is 5. The Labute approximate surface area is 193 Å². The lowest BCUT2D eigenvalue weighted by Gasteiger charge is -2.30. The number of ether oxygens (including phenoxy) is 1. The van der Waals surface area contributed by atoms with Gasteiger partial charge in [0.1, 0.15) is 11.6 Å². The number of aromatic amines is 1. The Morgan fingerprint density at radius 1 is 1.03 bits per heavy atom. The summed E-state index contributed by atoms with van der Waals surface area (Å²) in [6.07, 6.45) is 0.808. The van der Waals surface area contributed by atoms with Crippen molar-refractivity contribution in [3.63, 3.8) is 0 Å². The molecule has 3 heterocycles. The largest absolute Gasteiger partial charge is 0.379 e. The molecule has 2 aromatic carbocycles. The number of anilines is 1. The summed E-state index contributed by atoms with van der Waals surface area (Å²) < 4.78 is 61.1. The number of benzene rings is 2. The van der Waals surface area contributed by atoms with Gasteiger partial charge in [-0.25, -0.2) is 17.2 Å². The lowest BCUT2D eigenvalue weighted by atomic mass is 9.99. The smallest absolute Gasteiger partial charge is 0.259 e. The van der Waals surface area contributed by atoms with Crippen molar-refractivity contribution < 1.29 is 26.7 Å². The van der Waals surface area contributed by atoms with Gasteiger partial charge in [-0.15, -0.1) is 0 Å². The summed E-state index contributed by atoms with van der Waals surface area (Å²) >= 11 is 0. The predicted octanol–water partition coefficient (Wildman–Crippen LogP) is 2.42. The molecule has 2 aliphatic rings. The molecule has 1 aromatic heterocycles. The maximum absolute atomic E-state index is 14.3. The molecule has 1 N–H and O–H groups in total. The number of rotatable bonds is 3. The fourth-order valence-corrected chi connectivity index (χ4v) is 5.91. The van der Waals surface area contributed by atoms with Gasteiger partial charge < -0.3 is 14.6 Å². The van der Waals surface area contributed by atoms with Crippen LogP contribution in [0.4, 0.5) is 14.5 Å². The molecule has 2 aliphatic heterocycles. The van der Waals surface area contributed by atoms with E-state index in [2.05, 4.69) is 4.98 Å². The number of fused-ring (bicyclic) bond motifs is 2. The minimum Gasteiger partial charge on any atom is -0.379 e. The monoisotopic (exact) mass is 489 g/mol. The summed E-state index contributed by atoms with van der Waals surface area (Å²) in [4.78, 5) is 29.7. The fourth-order valence-electron chi connectivity index (χ4n) is 4.48. The van der Waals surface area contributed by atoms with Crippen molar-refractivity contribution in [2.75, 3.05) is 37.7 Å². The van der Waals surface area contributed by atoms with Crippen LogP contribution in [-0.4, -0.2) is 56.5 Å². The molecule has 0 unspecified atom stereocenters. The number of nitrogens with one attached hydrogen (secondary N) is 1. The number of nitrogens with zero attached hydrogens (tertiary/aromatic N) is 2. The molecule has 0 aliphatic carbocycles. The Morgan fingerprint density at radius 3 is 2.56 bits per heavy atom. The van der Waals surface area contributed by atoms with Crippen LogP contribution in [0.25, 0.3) is 10.9 Å². The van der Waals surface area contributed by atoms with Crippen molar-refractivity contribution in [3.8, 4) is 0 Å². The van der Waals surface area contributed by atoms with Crippen LogP contribution in [0, 0.1) is 11.6 Å². The van der Waals surface area contributed by atoms with Gasteiger partial charge in [0.15, 0.2) is 0 Å². The number of hydrogen-bond donors (Lipinski definition) is 1. The van der Waals surface area contributed by atoms with Crippen LogP contribution in [0.15, 0.2) is 46.1 Å². The molecule has 5 rings (SSSR count). The lowest BCUT2D eigenvalue weighted by molar-refractivity contribution is 0.0730. The van der Waals surface area contributed by atoms with Crippen molar-refractivity contribution >= 4 is 32.5 Å². The fraction of sp³-hybridized carbons (Fsp3) is 0.304. The van der Waals surface area contributed by atoms with Gasteiger partial charge >= 0.3 is 0 Å². The van der Waals surface area contributed by atoms with Gasteiger partial charge in [0, 0.05) is 48.2 Å². The molecule has 0 atom stereocenters. The molecule has 0 radical (unpaired) electrons. The zero-order valence-electron chi connectivity index (χ0n) is 18.0. The van der Waals surface area contributed by atoms with Crippen LogP contribution in [0.2, 0.25) is 0 Å². The summed E-state index contributed by atoms with van der Waals surface area (Å²) in [7, 11) is -3.85. The van der Waals surface area contributed by atoms with Crippen molar-refractivity contribution in [2.24, 2.45) is 0 Å². The Hall–Kier alpha value is -3.15. The van der Waals surface area contributed by atoms with E-state index in [-0.39, 0.29) is 65.5 Å². The van der Waals surface area contributed by atoms with Crippen molar-refractivity contribution in [3.05, 3.63) is 69.5 Å². The molecule has 34 heavy (non-hydrogen) atoms. The van der Waals surface area contributed by atoms with Crippen LogP contribution in [-0.2, 0) is 21.2 Å². The highest BCUT2D eigenvalue weighted by Gasteiger charge is 2.30. The first-order valence-electron chi connectivity index (χ1n) is 10.8. The van der Waals surface area contributed by atoms with Gasteiger partial charge in [0.25, 0.3) is 5.91 Å². The SMILES string of the molecule is O=C(c1cc(=O)[nH]c2ccc(S(=O)(=O)N3CCOCC3)cc12)N1CCCc2c(F)cc(F)cc21. The van der Waals surface area contributed by atoms with E-state index in [0.717, 1.165) is 18.2 Å². The predicted molar refractivity (Wildman–Crippen MR) is 121 cm³/mol. The highest BCUT2D eigenvalue weighted by Crippen LogP contribution is 2.32. The van der Waals surface area contributed by atoms with Gasteiger partial charge in [-0.2, -0.15) is 4.31 Å². The highest BCUT2D eigenvalue weighted by molar-refractivity contribution is 7.89. The molecule has 178 valence electrons. The Bertz CT molecular complexity index is 1470. The Balaban J connectivity index is 1.62. The number of sulfonamides is 1. The summed E-state index contributed by atoms with van der Waals surface area (Å²) in [6.45, 7) is 1.18. The number of halogens is 2. The number of aromatic nitrogens is 1.